The highest BCUT2D eigenvalue weighted by Crippen LogP contribution is 2.16. The highest BCUT2D eigenvalue weighted by atomic mass is 32.2. The highest BCUT2D eigenvalue weighted by Gasteiger charge is 2.22. The van der Waals surface area contributed by atoms with Crippen LogP contribution in [-0.4, -0.2) is 46.3 Å². The maximum absolute atomic E-state index is 12.2. The lowest BCUT2D eigenvalue weighted by Crippen LogP contribution is -2.25. The molecule has 0 saturated heterocycles. The van der Waals surface area contributed by atoms with Crippen molar-refractivity contribution in [3.05, 3.63) is 23.2 Å². The predicted octanol–water partition coefficient (Wildman–Crippen LogP) is 0.467. The Hall–Kier alpha value is -0.970. The van der Waals surface area contributed by atoms with Gasteiger partial charge in [0.2, 0.25) is 9.84 Å². The topological polar surface area (TPSA) is 40.6 Å². The molecule has 0 N–H and O–H groups in total. The van der Waals surface area contributed by atoms with E-state index in [2.05, 4.69) is 6.58 Å². The lowest BCUT2D eigenvalue weighted by Gasteiger charge is -2.20. The molecule has 0 bridgehead atoms. The van der Waals surface area contributed by atoms with Gasteiger partial charge in [-0.05, 0) is 0 Å². The van der Waals surface area contributed by atoms with E-state index in [-0.39, 0.29) is 4.90 Å². The molecule has 76 valence electrons. The van der Waals surface area contributed by atoms with E-state index < -0.39 is 40.4 Å². The monoisotopic (exact) mass is 211 g/mol. The molecule has 0 aliphatic carbocycles. The van der Waals surface area contributed by atoms with Crippen molar-refractivity contribution in [1.29, 1.82) is 0 Å². The van der Waals surface area contributed by atoms with Crippen molar-refractivity contribution >= 4 is 9.84 Å². The molecule has 0 aliphatic heterocycles. The number of hydrogen-bond donors (Lipinski definition) is 0. The molecule has 0 amide bonds. The van der Waals surface area contributed by atoms with Crippen LogP contribution in [0, 0.1) is 0 Å². The van der Waals surface area contributed by atoms with E-state index in [4.69, 9.17) is 9.60 Å². The Bertz CT molecular complexity index is 505. The minimum Gasteiger partial charge on any atom is -0.369 e. The maximum atomic E-state index is 12.2. The average molecular weight is 211 g/mol. The van der Waals surface area contributed by atoms with Crippen LogP contribution < -0.4 is 0 Å². The molecular formula is C8H16N2O2S. The second kappa shape index (κ2) is 3.83. The first kappa shape index (κ1) is 4.50. The van der Waals surface area contributed by atoms with Crippen LogP contribution in [0.1, 0.15) is 9.60 Å². The lowest BCUT2D eigenvalue weighted by atomic mass is 10.8. The summed E-state index contributed by atoms with van der Waals surface area (Å²) in [4.78, 5) is 0.977. The molecule has 0 radical (unpaired) electrons. The molecule has 0 aromatic rings. The number of sulfone groups is 1. The molecular weight excluding hydrogens is 188 g/mol. The summed E-state index contributed by atoms with van der Waals surface area (Å²) >= 11 is 0. The van der Waals surface area contributed by atoms with Crippen LogP contribution >= 0.6 is 0 Å². The minimum absolute atomic E-state index is 0.0909. The van der Waals surface area contributed by atoms with E-state index in [0.29, 0.717) is 0 Å². The lowest BCUT2D eigenvalue weighted by molar-refractivity contribution is 0.503. The zero-order valence-electron chi connectivity index (χ0n) is 14.4. The standard InChI is InChI=1S/C8H16N2O2S/c1-7(9(3)4)13(11,12)8(2)10(5)6/h1-2H2,3-6H3/i1D2,3D2,4D3. The second-order valence-electron chi connectivity index (χ2n) is 2.47. The number of nitrogens with zero attached hydrogens (tertiary/aromatic N) is 2. The fourth-order valence-corrected chi connectivity index (χ4v) is 1.44. The molecule has 0 fully saturated rings. The van der Waals surface area contributed by atoms with Gasteiger partial charge in [0.1, 0.15) is 10.1 Å². The summed E-state index contributed by atoms with van der Waals surface area (Å²) in [5, 5.41) is -1.79. The van der Waals surface area contributed by atoms with Gasteiger partial charge in [0.15, 0.2) is 0 Å². The van der Waals surface area contributed by atoms with Crippen molar-refractivity contribution in [3.8, 4) is 0 Å². The average Bonchev–Trinajstić information content (AvgIpc) is 2.20. The molecule has 0 unspecified atom stereocenters. The quantitative estimate of drug-likeness (QED) is 0.677. The van der Waals surface area contributed by atoms with Gasteiger partial charge >= 0.3 is 0 Å². The molecule has 0 heterocycles. The molecule has 13 heavy (non-hydrogen) atoms. The first-order valence-electron chi connectivity index (χ1n) is 6.82. The largest absolute Gasteiger partial charge is 0.369 e. The van der Waals surface area contributed by atoms with E-state index in [1.807, 2.05) is 0 Å². The third-order valence-electron chi connectivity index (χ3n) is 1.28. The van der Waals surface area contributed by atoms with Crippen molar-refractivity contribution in [3.63, 3.8) is 0 Å². The molecule has 0 saturated carbocycles. The summed E-state index contributed by atoms with van der Waals surface area (Å²) in [5.41, 5.74) is 0. The van der Waals surface area contributed by atoms with Gasteiger partial charge in [0.25, 0.3) is 0 Å². The van der Waals surface area contributed by atoms with Crippen molar-refractivity contribution in [2.75, 3.05) is 28.1 Å². The summed E-state index contributed by atoms with van der Waals surface area (Å²) in [6.45, 7) is -3.45. The third-order valence-corrected chi connectivity index (χ3v) is 2.97. The van der Waals surface area contributed by atoms with Gasteiger partial charge in [-0.3, -0.25) is 0 Å². The van der Waals surface area contributed by atoms with E-state index in [0.717, 1.165) is 4.90 Å². The first-order valence-corrected chi connectivity index (χ1v) is 4.65. The van der Waals surface area contributed by atoms with Crippen LogP contribution in [0.2, 0.25) is 0 Å². The van der Waals surface area contributed by atoms with Gasteiger partial charge in [-0.15, -0.1) is 0 Å². The van der Waals surface area contributed by atoms with Crippen LogP contribution in [0.4, 0.5) is 0 Å². The van der Waals surface area contributed by atoms with Crippen molar-refractivity contribution < 1.29 is 18.0 Å². The third kappa shape index (κ3) is 2.48. The molecule has 0 aliphatic rings. The molecule has 0 aromatic heterocycles. The van der Waals surface area contributed by atoms with E-state index in [1.165, 1.54) is 14.1 Å². The molecule has 4 nitrogen and oxygen atoms in total. The van der Waals surface area contributed by atoms with Gasteiger partial charge in [0.05, 0.1) is 2.74 Å². The first-order chi connectivity index (χ1) is 8.74. The molecule has 0 rings (SSSR count). The van der Waals surface area contributed by atoms with E-state index in [9.17, 15) is 8.42 Å². The zero-order valence-corrected chi connectivity index (χ0v) is 8.22. The van der Waals surface area contributed by atoms with E-state index >= 15 is 0 Å². The Morgan fingerprint density at radius 1 is 1.38 bits per heavy atom. The van der Waals surface area contributed by atoms with Crippen molar-refractivity contribution in [2.45, 2.75) is 0 Å². The van der Waals surface area contributed by atoms with Gasteiger partial charge in [-0.1, -0.05) is 13.1 Å². The molecule has 5 heteroatoms. The van der Waals surface area contributed by atoms with Crippen LogP contribution in [-0.2, 0) is 9.84 Å². The number of hydrogen-bond acceptors (Lipinski definition) is 4. The Kier molecular flexibility index (Phi) is 1.33. The van der Waals surface area contributed by atoms with Crippen molar-refractivity contribution in [1.82, 2.24) is 9.80 Å². The molecule has 0 spiro atoms. The maximum Gasteiger partial charge on any atom is 0.235 e. The summed E-state index contributed by atoms with van der Waals surface area (Å²) in [5.74, 6) is 0. The SMILES string of the molecule is [2H]C([2H])=C(N(C([2H])[2H])C([2H])([2H])[2H])S(=O)(=O)C(=C)N(C)C. The number of rotatable bonds is 4. The van der Waals surface area contributed by atoms with Crippen LogP contribution in [0.25, 0.3) is 0 Å². The highest BCUT2D eigenvalue weighted by molar-refractivity contribution is 7.98. The van der Waals surface area contributed by atoms with Crippen molar-refractivity contribution in [2.24, 2.45) is 0 Å². The van der Waals surface area contributed by atoms with Gasteiger partial charge in [-0.25, -0.2) is 8.42 Å². The fraction of sp³-hybridized carbons (Fsp3) is 0.500. The molecule has 0 atom stereocenters. The minimum atomic E-state index is -4.56. The van der Waals surface area contributed by atoms with Crippen LogP contribution in [0.5, 0.6) is 0 Å². The fourth-order valence-electron chi connectivity index (χ4n) is 0.481. The van der Waals surface area contributed by atoms with Crippen LogP contribution in [0.15, 0.2) is 23.2 Å². The normalized spacial score (nSPS) is 19.5. The summed E-state index contributed by atoms with van der Waals surface area (Å²) in [6, 6.07) is 0. The Morgan fingerprint density at radius 2 is 2.00 bits per heavy atom. The second-order valence-corrected chi connectivity index (χ2v) is 4.33. The van der Waals surface area contributed by atoms with Crippen LogP contribution in [0.3, 0.4) is 0 Å². The smallest absolute Gasteiger partial charge is 0.235 e. The Morgan fingerprint density at radius 3 is 2.31 bits per heavy atom. The summed E-state index contributed by atoms with van der Waals surface area (Å²) in [7, 11) is -1.89. The van der Waals surface area contributed by atoms with Gasteiger partial charge in [-0.2, -0.15) is 0 Å². The predicted molar refractivity (Wildman–Crippen MR) is 54.6 cm³/mol. The molecule has 0 aromatic carbocycles. The zero-order chi connectivity index (χ0) is 16.5. The summed E-state index contributed by atoms with van der Waals surface area (Å²) in [6.07, 6.45) is 0. The Labute approximate surface area is 89.9 Å². The Balaban J connectivity index is 6.21. The summed E-state index contributed by atoms with van der Waals surface area (Å²) < 4.78 is 74.7. The van der Waals surface area contributed by atoms with Gasteiger partial charge < -0.3 is 9.80 Å². The van der Waals surface area contributed by atoms with Gasteiger partial charge in [0, 0.05) is 34.9 Å². The van der Waals surface area contributed by atoms with E-state index in [1.54, 1.807) is 0 Å².